The number of halogens is 1. The Morgan fingerprint density at radius 2 is 2.00 bits per heavy atom. The molecule has 3 nitrogen and oxygen atoms in total. The van der Waals surface area contributed by atoms with Crippen LogP contribution in [0.25, 0.3) is 11.3 Å². The summed E-state index contributed by atoms with van der Waals surface area (Å²) >= 11 is 5.86. The van der Waals surface area contributed by atoms with E-state index in [1.165, 1.54) is 0 Å². The summed E-state index contributed by atoms with van der Waals surface area (Å²) in [6.07, 6.45) is 1.85. The highest BCUT2D eigenvalue weighted by Crippen LogP contribution is 2.26. The number of nitrogens with one attached hydrogen (secondary N) is 2. The number of hydrogen-bond acceptors (Lipinski definition) is 2. The quantitative estimate of drug-likeness (QED) is 0.859. The van der Waals surface area contributed by atoms with Crippen molar-refractivity contribution in [1.29, 1.82) is 0 Å². The van der Waals surface area contributed by atoms with Crippen molar-refractivity contribution in [1.82, 2.24) is 15.5 Å². The van der Waals surface area contributed by atoms with Crippen molar-refractivity contribution < 1.29 is 0 Å². The van der Waals surface area contributed by atoms with Gasteiger partial charge in [0.25, 0.3) is 0 Å². The van der Waals surface area contributed by atoms with Gasteiger partial charge in [0.2, 0.25) is 0 Å². The van der Waals surface area contributed by atoms with Crippen LogP contribution in [0.15, 0.2) is 30.5 Å². The van der Waals surface area contributed by atoms with Gasteiger partial charge in [0, 0.05) is 16.6 Å². The Balaban J connectivity index is 2.40. The van der Waals surface area contributed by atoms with Gasteiger partial charge in [-0.2, -0.15) is 5.10 Å². The van der Waals surface area contributed by atoms with E-state index < -0.39 is 0 Å². The van der Waals surface area contributed by atoms with E-state index in [0.29, 0.717) is 0 Å². The summed E-state index contributed by atoms with van der Waals surface area (Å²) in [5.41, 5.74) is 3.29. The molecule has 1 unspecified atom stereocenters. The van der Waals surface area contributed by atoms with E-state index in [9.17, 15) is 0 Å². The van der Waals surface area contributed by atoms with E-state index in [0.717, 1.165) is 21.8 Å². The fourth-order valence-corrected chi connectivity index (χ4v) is 1.75. The first-order valence-corrected chi connectivity index (χ1v) is 5.56. The average molecular weight is 236 g/mol. The van der Waals surface area contributed by atoms with Gasteiger partial charge in [-0.15, -0.1) is 0 Å². The van der Waals surface area contributed by atoms with Crippen molar-refractivity contribution in [3.8, 4) is 11.3 Å². The van der Waals surface area contributed by atoms with Crippen LogP contribution in [0, 0.1) is 0 Å². The van der Waals surface area contributed by atoms with Gasteiger partial charge in [-0.25, -0.2) is 0 Å². The van der Waals surface area contributed by atoms with Crippen molar-refractivity contribution in [2.45, 2.75) is 13.0 Å². The summed E-state index contributed by atoms with van der Waals surface area (Å²) in [7, 11) is 1.93. The number of H-pyrrole nitrogens is 1. The zero-order chi connectivity index (χ0) is 11.5. The highest BCUT2D eigenvalue weighted by atomic mass is 35.5. The molecule has 1 aromatic carbocycles. The van der Waals surface area contributed by atoms with E-state index in [1.54, 1.807) is 0 Å². The van der Waals surface area contributed by atoms with Crippen LogP contribution in [-0.4, -0.2) is 17.2 Å². The molecule has 16 heavy (non-hydrogen) atoms. The molecule has 0 spiro atoms. The van der Waals surface area contributed by atoms with Crippen LogP contribution >= 0.6 is 11.6 Å². The number of hydrogen-bond donors (Lipinski definition) is 2. The van der Waals surface area contributed by atoms with Crippen molar-refractivity contribution >= 4 is 11.6 Å². The van der Waals surface area contributed by atoms with Gasteiger partial charge < -0.3 is 5.32 Å². The predicted octanol–water partition coefficient (Wildman–Crippen LogP) is 3.01. The molecular weight excluding hydrogens is 222 g/mol. The third-order valence-corrected chi connectivity index (χ3v) is 2.95. The van der Waals surface area contributed by atoms with E-state index in [2.05, 4.69) is 22.4 Å². The summed E-state index contributed by atoms with van der Waals surface area (Å²) in [5.74, 6) is 0. The lowest BCUT2D eigenvalue weighted by Gasteiger charge is -2.10. The molecule has 0 bridgehead atoms. The fraction of sp³-hybridized carbons (Fsp3) is 0.250. The Hall–Kier alpha value is -1.32. The molecule has 84 valence electrons. The molecule has 2 N–H and O–H groups in total. The van der Waals surface area contributed by atoms with Gasteiger partial charge in [0.05, 0.1) is 11.9 Å². The molecule has 1 atom stereocenters. The van der Waals surface area contributed by atoms with Crippen LogP contribution in [0.3, 0.4) is 0 Å². The van der Waals surface area contributed by atoms with Crippen LogP contribution < -0.4 is 5.32 Å². The van der Waals surface area contributed by atoms with Crippen LogP contribution in [0.2, 0.25) is 5.02 Å². The summed E-state index contributed by atoms with van der Waals surface area (Å²) in [4.78, 5) is 0. The second-order valence-electron chi connectivity index (χ2n) is 3.72. The number of nitrogens with zero attached hydrogens (tertiary/aromatic N) is 1. The van der Waals surface area contributed by atoms with Crippen molar-refractivity contribution in [3.63, 3.8) is 0 Å². The van der Waals surface area contributed by atoms with Crippen LogP contribution in [0.1, 0.15) is 18.5 Å². The monoisotopic (exact) mass is 235 g/mol. The molecule has 0 fully saturated rings. The molecule has 0 radical (unpaired) electrons. The Morgan fingerprint density at radius 1 is 1.31 bits per heavy atom. The molecule has 0 aliphatic heterocycles. The SMILES string of the molecule is CNC(C)c1cn[nH]c1-c1ccc(Cl)cc1. The molecule has 1 aromatic heterocycles. The van der Waals surface area contributed by atoms with E-state index in [1.807, 2.05) is 37.5 Å². The molecule has 2 aromatic rings. The smallest absolute Gasteiger partial charge is 0.0697 e. The maximum absolute atomic E-state index is 5.86. The molecule has 4 heteroatoms. The van der Waals surface area contributed by atoms with Crippen molar-refractivity contribution in [2.75, 3.05) is 7.05 Å². The van der Waals surface area contributed by atoms with Crippen LogP contribution in [0.4, 0.5) is 0 Å². The molecular formula is C12H14ClN3. The summed E-state index contributed by atoms with van der Waals surface area (Å²) in [5, 5.41) is 11.1. The van der Waals surface area contributed by atoms with E-state index >= 15 is 0 Å². The summed E-state index contributed by atoms with van der Waals surface area (Å²) in [6, 6.07) is 8.00. The number of rotatable bonds is 3. The highest BCUT2D eigenvalue weighted by Gasteiger charge is 2.12. The number of aromatic nitrogens is 2. The third-order valence-electron chi connectivity index (χ3n) is 2.70. The lowest BCUT2D eigenvalue weighted by Crippen LogP contribution is -2.12. The molecule has 0 amide bonds. The maximum atomic E-state index is 5.86. The van der Waals surface area contributed by atoms with Gasteiger partial charge in [-0.05, 0) is 31.7 Å². The maximum Gasteiger partial charge on any atom is 0.0697 e. The topological polar surface area (TPSA) is 40.7 Å². The zero-order valence-corrected chi connectivity index (χ0v) is 10.0. The third kappa shape index (κ3) is 2.10. The highest BCUT2D eigenvalue weighted by molar-refractivity contribution is 6.30. The zero-order valence-electron chi connectivity index (χ0n) is 9.29. The average Bonchev–Trinajstić information content (AvgIpc) is 2.78. The second-order valence-corrected chi connectivity index (χ2v) is 4.15. The minimum atomic E-state index is 0.268. The lowest BCUT2D eigenvalue weighted by atomic mass is 10.0. The fourth-order valence-electron chi connectivity index (χ4n) is 1.63. The lowest BCUT2D eigenvalue weighted by molar-refractivity contribution is 0.654. The Labute approximate surface area is 99.8 Å². The molecule has 0 aliphatic rings. The summed E-state index contributed by atoms with van der Waals surface area (Å²) in [6.45, 7) is 2.10. The molecule has 2 rings (SSSR count). The van der Waals surface area contributed by atoms with Gasteiger partial charge in [-0.3, -0.25) is 5.10 Å². The molecule has 0 aliphatic carbocycles. The predicted molar refractivity (Wildman–Crippen MR) is 66.5 cm³/mol. The largest absolute Gasteiger partial charge is 0.313 e. The first-order chi connectivity index (χ1) is 7.72. The van der Waals surface area contributed by atoms with Crippen molar-refractivity contribution in [3.05, 3.63) is 41.0 Å². The van der Waals surface area contributed by atoms with Crippen LogP contribution in [-0.2, 0) is 0 Å². The van der Waals surface area contributed by atoms with Crippen molar-refractivity contribution in [2.24, 2.45) is 0 Å². The minimum absolute atomic E-state index is 0.268. The van der Waals surface area contributed by atoms with Crippen LogP contribution in [0.5, 0.6) is 0 Å². The first-order valence-electron chi connectivity index (χ1n) is 5.19. The second kappa shape index (κ2) is 4.68. The minimum Gasteiger partial charge on any atom is -0.313 e. The molecule has 0 saturated heterocycles. The standard InChI is InChI=1S/C12H14ClN3/c1-8(14-2)11-7-15-16-12(11)9-3-5-10(13)6-4-9/h3-8,14H,1-2H3,(H,15,16). The Bertz CT molecular complexity index is 461. The number of aromatic amines is 1. The van der Waals surface area contributed by atoms with E-state index in [-0.39, 0.29) is 6.04 Å². The molecule has 0 saturated carbocycles. The van der Waals surface area contributed by atoms with Gasteiger partial charge in [-0.1, -0.05) is 23.7 Å². The van der Waals surface area contributed by atoms with Gasteiger partial charge in [0.1, 0.15) is 0 Å². The van der Waals surface area contributed by atoms with Gasteiger partial charge >= 0.3 is 0 Å². The normalized spacial score (nSPS) is 12.7. The molecule has 1 heterocycles. The van der Waals surface area contributed by atoms with Gasteiger partial charge in [0.15, 0.2) is 0 Å². The Morgan fingerprint density at radius 3 is 2.62 bits per heavy atom. The first kappa shape index (κ1) is 11.2. The Kier molecular flexibility index (Phi) is 3.27. The number of benzene rings is 1. The van der Waals surface area contributed by atoms with E-state index in [4.69, 9.17) is 11.6 Å². The summed E-state index contributed by atoms with van der Waals surface area (Å²) < 4.78 is 0.